The van der Waals surface area contributed by atoms with Crippen LogP contribution in [0.5, 0.6) is 5.75 Å². The Morgan fingerprint density at radius 3 is 2.84 bits per heavy atom. The number of imidazole rings is 1. The van der Waals surface area contributed by atoms with Crippen LogP contribution in [0.25, 0.3) is 0 Å². The fourth-order valence-electron chi connectivity index (χ4n) is 2.05. The number of nitrogens with two attached hydrogens (primary N) is 1. The summed E-state index contributed by atoms with van der Waals surface area (Å²) in [4.78, 5) is 4.28. The third-order valence-electron chi connectivity index (χ3n) is 3.02. The summed E-state index contributed by atoms with van der Waals surface area (Å²) in [6.45, 7) is 2.63. The molecule has 4 heteroatoms. The third-order valence-corrected chi connectivity index (χ3v) is 3.02. The second kappa shape index (κ2) is 6.38. The average Bonchev–Trinajstić information content (AvgIpc) is 2.77. The number of rotatable bonds is 6. The smallest absolute Gasteiger partial charge is 0.122 e. The predicted molar refractivity (Wildman–Crippen MR) is 76.2 cm³/mol. The van der Waals surface area contributed by atoms with E-state index < -0.39 is 0 Å². The number of hydrogen-bond acceptors (Lipinski definition) is 3. The first kappa shape index (κ1) is 13.6. The molecule has 0 aliphatic rings. The molecule has 0 bridgehead atoms. The minimum absolute atomic E-state index is 0.138. The minimum atomic E-state index is 0.138. The first-order valence-electron chi connectivity index (χ1n) is 6.59. The molecule has 1 aromatic carbocycles. The van der Waals surface area contributed by atoms with E-state index in [2.05, 4.69) is 11.1 Å². The first-order chi connectivity index (χ1) is 9.16. The number of ether oxygens (including phenoxy) is 1. The Labute approximate surface area is 114 Å². The zero-order valence-corrected chi connectivity index (χ0v) is 11.5. The van der Waals surface area contributed by atoms with E-state index in [4.69, 9.17) is 10.5 Å². The molecule has 0 fully saturated rings. The molecule has 0 amide bonds. The van der Waals surface area contributed by atoms with E-state index in [0.717, 1.165) is 30.0 Å². The SMILES string of the molecule is CC(N)Cc1ccccc1OCCc1nccn1C. The Balaban J connectivity index is 1.94. The van der Waals surface area contributed by atoms with Gasteiger partial charge in [0, 0.05) is 31.9 Å². The van der Waals surface area contributed by atoms with E-state index in [-0.39, 0.29) is 6.04 Å². The molecule has 1 unspecified atom stereocenters. The van der Waals surface area contributed by atoms with Crippen molar-refractivity contribution < 1.29 is 4.74 Å². The van der Waals surface area contributed by atoms with E-state index in [9.17, 15) is 0 Å². The number of aryl methyl sites for hydroxylation is 1. The highest BCUT2D eigenvalue weighted by Crippen LogP contribution is 2.19. The molecular formula is C15H21N3O. The maximum atomic E-state index is 5.86. The molecule has 1 aromatic heterocycles. The van der Waals surface area contributed by atoms with Crippen LogP contribution in [0, 0.1) is 0 Å². The molecule has 2 rings (SSSR count). The van der Waals surface area contributed by atoms with Gasteiger partial charge in [0.05, 0.1) is 6.61 Å². The van der Waals surface area contributed by atoms with E-state index in [1.165, 1.54) is 0 Å². The van der Waals surface area contributed by atoms with Gasteiger partial charge in [-0.3, -0.25) is 0 Å². The Bertz CT molecular complexity index is 520. The van der Waals surface area contributed by atoms with Crippen LogP contribution in [0.15, 0.2) is 36.7 Å². The van der Waals surface area contributed by atoms with Gasteiger partial charge in [0.1, 0.15) is 11.6 Å². The second-order valence-electron chi connectivity index (χ2n) is 4.84. The summed E-state index contributed by atoms with van der Waals surface area (Å²) in [5, 5.41) is 0. The highest BCUT2D eigenvalue weighted by molar-refractivity contribution is 5.33. The van der Waals surface area contributed by atoms with Crippen LogP contribution in [0.3, 0.4) is 0 Å². The van der Waals surface area contributed by atoms with Crippen molar-refractivity contribution in [2.45, 2.75) is 25.8 Å². The lowest BCUT2D eigenvalue weighted by molar-refractivity contribution is 0.313. The van der Waals surface area contributed by atoms with Crippen molar-refractivity contribution in [2.24, 2.45) is 12.8 Å². The lowest BCUT2D eigenvalue weighted by Gasteiger charge is -2.12. The molecule has 2 aromatic rings. The van der Waals surface area contributed by atoms with Gasteiger partial charge in [-0.05, 0) is 25.0 Å². The van der Waals surface area contributed by atoms with Crippen molar-refractivity contribution in [3.8, 4) is 5.75 Å². The van der Waals surface area contributed by atoms with Crippen molar-refractivity contribution in [1.29, 1.82) is 0 Å². The summed E-state index contributed by atoms with van der Waals surface area (Å²) >= 11 is 0. The molecule has 0 spiro atoms. The summed E-state index contributed by atoms with van der Waals surface area (Å²) in [5.74, 6) is 1.96. The van der Waals surface area contributed by atoms with E-state index >= 15 is 0 Å². The molecule has 0 saturated carbocycles. The topological polar surface area (TPSA) is 53.1 Å². The Morgan fingerprint density at radius 2 is 2.16 bits per heavy atom. The molecular weight excluding hydrogens is 238 g/mol. The Morgan fingerprint density at radius 1 is 1.37 bits per heavy atom. The van der Waals surface area contributed by atoms with Crippen LogP contribution in [0.1, 0.15) is 18.3 Å². The molecule has 4 nitrogen and oxygen atoms in total. The van der Waals surface area contributed by atoms with Crippen molar-refractivity contribution in [3.63, 3.8) is 0 Å². The molecule has 2 N–H and O–H groups in total. The molecule has 1 atom stereocenters. The largest absolute Gasteiger partial charge is 0.493 e. The van der Waals surface area contributed by atoms with Crippen LogP contribution in [-0.4, -0.2) is 22.2 Å². The number of hydrogen-bond donors (Lipinski definition) is 1. The van der Waals surface area contributed by atoms with Gasteiger partial charge in [0.2, 0.25) is 0 Å². The van der Waals surface area contributed by atoms with Crippen LogP contribution < -0.4 is 10.5 Å². The molecule has 19 heavy (non-hydrogen) atoms. The Hall–Kier alpha value is -1.81. The quantitative estimate of drug-likeness (QED) is 0.862. The maximum absolute atomic E-state index is 5.86. The molecule has 0 saturated heterocycles. The average molecular weight is 259 g/mol. The van der Waals surface area contributed by atoms with Crippen molar-refractivity contribution in [2.75, 3.05) is 6.61 Å². The zero-order valence-electron chi connectivity index (χ0n) is 11.5. The standard InChI is InChI=1S/C15H21N3O/c1-12(16)11-13-5-3-4-6-14(13)19-10-7-15-17-8-9-18(15)2/h3-6,8-9,12H,7,10-11,16H2,1-2H3. The van der Waals surface area contributed by atoms with Gasteiger partial charge in [0.15, 0.2) is 0 Å². The summed E-state index contributed by atoms with van der Waals surface area (Å²) in [7, 11) is 1.99. The summed E-state index contributed by atoms with van der Waals surface area (Å²) in [6, 6.07) is 8.21. The number of nitrogens with zero attached hydrogens (tertiary/aromatic N) is 2. The van der Waals surface area contributed by atoms with E-state index in [0.29, 0.717) is 6.61 Å². The van der Waals surface area contributed by atoms with Gasteiger partial charge >= 0.3 is 0 Å². The maximum Gasteiger partial charge on any atom is 0.122 e. The molecule has 0 aliphatic carbocycles. The fourth-order valence-corrected chi connectivity index (χ4v) is 2.05. The highest BCUT2D eigenvalue weighted by Gasteiger charge is 2.06. The highest BCUT2D eigenvalue weighted by atomic mass is 16.5. The molecule has 0 aliphatic heterocycles. The monoisotopic (exact) mass is 259 g/mol. The number of para-hydroxylation sites is 1. The van der Waals surface area contributed by atoms with Crippen LogP contribution >= 0.6 is 0 Å². The zero-order chi connectivity index (χ0) is 13.7. The van der Waals surface area contributed by atoms with Crippen LogP contribution in [0.4, 0.5) is 0 Å². The van der Waals surface area contributed by atoms with Gasteiger partial charge < -0.3 is 15.0 Å². The number of aromatic nitrogens is 2. The van der Waals surface area contributed by atoms with Gasteiger partial charge in [-0.15, -0.1) is 0 Å². The minimum Gasteiger partial charge on any atom is -0.493 e. The summed E-state index contributed by atoms with van der Waals surface area (Å²) in [5.41, 5.74) is 7.01. The third kappa shape index (κ3) is 3.83. The van der Waals surface area contributed by atoms with Gasteiger partial charge in [-0.2, -0.15) is 0 Å². The second-order valence-corrected chi connectivity index (χ2v) is 4.84. The molecule has 0 radical (unpaired) electrons. The van der Waals surface area contributed by atoms with Crippen molar-refractivity contribution in [1.82, 2.24) is 9.55 Å². The molecule has 1 heterocycles. The lowest BCUT2D eigenvalue weighted by Crippen LogP contribution is -2.18. The van der Waals surface area contributed by atoms with Gasteiger partial charge in [-0.25, -0.2) is 4.98 Å². The van der Waals surface area contributed by atoms with Gasteiger partial charge in [-0.1, -0.05) is 18.2 Å². The number of benzene rings is 1. The van der Waals surface area contributed by atoms with Crippen molar-refractivity contribution in [3.05, 3.63) is 48.0 Å². The molecule has 102 valence electrons. The predicted octanol–water partition coefficient (Wildman–Crippen LogP) is 1.93. The lowest BCUT2D eigenvalue weighted by atomic mass is 10.1. The Kier molecular flexibility index (Phi) is 4.58. The summed E-state index contributed by atoms with van der Waals surface area (Å²) < 4.78 is 7.87. The normalized spacial score (nSPS) is 12.4. The summed E-state index contributed by atoms with van der Waals surface area (Å²) in [6.07, 6.45) is 5.38. The fraction of sp³-hybridized carbons (Fsp3) is 0.400. The van der Waals surface area contributed by atoms with E-state index in [1.807, 2.05) is 42.9 Å². The van der Waals surface area contributed by atoms with Gasteiger partial charge in [0.25, 0.3) is 0 Å². The van der Waals surface area contributed by atoms with Crippen LogP contribution in [0.2, 0.25) is 0 Å². The van der Waals surface area contributed by atoms with Crippen LogP contribution in [-0.2, 0) is 19.9 Å². The van der Waals surface area contributed by atoms with E-state index in [1.54, 1.807) is 6.20 Å². The van der Waals surface area contributed by atoms with Crippen molar-refractivity contribution >= 4 is 0 Å². The first-order valence-corrected chi connectivity index (χ1v) is 6.59.